The molecule has 1 saturated carbocycles. The second-order valence-electron chi connectivity index (χ2n) is 8.35. The Hall–Kier alpha value is -1.99. The molecule has 1 heterocycles. The van der Waals surface area contributed by atoms with Crippen molar-refractivity contribution in [2.75, 3.05) is 32.7 Å². The standard InChI is InChI=1S/C19H35N5O3/c1-19(2,3)27-18(26)24-13-11-23(12-14-24)17(20)21-10-9-16(25)22-15-7-5-4-6-8-15/h15H,4-14H2,1-3H3,(H2,20,21)(H,22,25). The maximum atomic E-state index is 12.1. The molecule has 3 N–H and O–H groups in total. The van der Waals surface area contributed by atoms with Crippen LogP contribution in [0.2, 0.25) is 0 Å². The molecule has 0 bridgehead atoms. The lowest BCUT2D eigenvalue weighted by Crippen LogP contribution is -2.53. The Bertz CT molecular complexity index is 530. The van der Waals surface area contributed by atoms with Crippen molar-refractivity contribution in [3.63, 3.8) is 0 Å². The van der Waals surface area contributed by atoms with E-state index in [0.717, 1.165) is 12.8 Å². The van der Waals surface area contributed by atoms with Crippen molar-refractivity contribution in [1.82, 2.24) is 15.1 Å². The smallest absolute Gasteiger partial charge is 0.410 e. The Morgan fingerprint density at radius 1 is 1.07 bits per heavy atom. The van der Waals surface area contributed by atoms with E-state index in [1.807, 2.05) is 25.7 Å². The van der Waals surface area contributed by atoms with Crippen molar-refractivity contribution < 1.29 is 14.3 Å². The molecule has 27 heavy (non-hydrogen) atoms. The highest BCUT2D eigenvalue weighted by Crippen LogP contribution is 2.17. The molecule has 1 aliphatic heterocycles. The molecule has 8 nitrogen and oxygen atoms in total. The molecule has 0 unspecified atom stereocenters. The molecule has 2 rings (SSSR count). The summed E-state index contributed by atoms with van der Waals surface area (Å²) in [5, 5.41) is 3.09. The number of ether oxygens (including phenoxy) is 1. The fraction of sp³-hybridized carbons (Fsp3) is 0.842. The first kappa shape index (κ1) is 21.3. The summed E-state index contributed by atoms with van der Waals surface area (Å²) in [6, 6.07) is 0.327. The van der Waals surface area contributed by atoms with Crippen LogP contribution in [0.25, 0.3) is 0 Å². The molecule has 2 aliphatic rings. The van der Waals surface area contributed by atoms with Crippen LogP contribution in [0.5, 0.6) is 0 Å². The molecular formula is C19H35N5O3. The van der Waals surface area contributed by atoms with Crippen LogP contribution in [0.3, 0.4) is 0 Å². The molecule has 154 valence electrons. The Balaban J connectivity index is 1.67. The zero-order valence-electron chi connectivity index (χ0n) is 17.0. The second kappa shape index (κ2) is 9.80. The SMILES string of the molecule is CC(C)(C)OC(=O)N1CCN(C(N)=NCCC(=O)NC2CCCCC2)CC1. The number of hydrogen-bond donors (Lipinski definition) is 2. The van der Waals surface area contributed by atoms with Crippen molar-refractivity contribution in [3.8, 4) is 0 Å². The first-order valence-electron chi connectivity index (χ1n) is 10.1. The Morgan fingerprint density at radius 2 is 1.67 bits per heavy atom. The zero-order chi connectivity index (χ0) is 19.9. The van der Waals surface area contributed by atoms with Gasteiger partial charge in [-0.25, -0.2) is 4.79 Å². The molecule has 2 fully saturated rings. The van der Waals surface area contributed by atoms with Gasteiger partial charge in [0.1, 0.15) is 5.60 Å². The number of nitrogens with two attached hydrogens (primary N) is 1. The van der Waals surface area contributed by atoms with Crippen LogP contribution in [0.15, 0.2) is 4.99 Å². The average molecular weight is 382 g/mol. The molecule has 0 spiro atoms. The highest BCUT2D eigenvalue weighted by molar-refractivity contribution is 5.80. The highest BCUT2D eigenvalue weighted by atomic mass is 16.6. The van der Waals surface area contributed by atoms with E-state index in [2.05, 4.69) is 10.3 Å². The predicted molar refractivity (Wildman–Crippen MR) is 106 cm³/mol. The van der Waals surface area contributed by atoms with Crippen LogP contribution < -0.4 is 11.1 Å². The van der Waals surface area contributed by atoms with Gasteiger partial charge in [-0.15, -0.1) is 0 Å². The summed E-state index contributed by atoms with van der Waals surface area (Å²) in [5.41, 5.74) is 5.56. The third-order valence-corrected chi connectivity index (χ3v) is 4.84. The number of nitrogens with one attached hydrogen (secondary N) is 1. The van der Waals surface area contributed by atoms with Gasteiger partial charge in [-0.2, -0.15) is 0 Å². The minimum Gasteiger partial charge on any atom is -0.444 e. The van der Waals surface area contributed by atoms with Crippen molar-refractivity contribution in [2.45, 2.75) is 70.9 Å². The van der Waals surface area contributed by atoms with Gasteiger partial charge in [-0.05, 0) is 33.6 Å². The molecular weight excluding hydrogens is 346 g/mol. The van der Waals surface area contributed by atoms with E-state index in [0.29, 0.717) is 51.1 Å². The average Bonchev–Trinajstić information content (AvgIpc) is 2.61. The first-order valence-corrected chi connectivity index (χ1v) is 10.1. The third kappa shape index (κ3) is 7.64. The van der Waals surface area contributed by atoms with Gasteiger partial charge in [0, 0.05) is 38.6 Å². The van der Waals surface area contributed by atoms with Gasteiger partial charge in [-0.1, -0.05) is 19.3 Å². The van der Waals surface area contributed by atoms with Crippen LogP contribution >= 0.6 is 0 Å². The van der Waals surface area contributed by atoms with E-state index >= 15 is 0 Å². The number of nitrogens with zero attached hydrogens (tertiary/aromatic N) is 3. The van der Waals surface area contributed by atoms with Crippen LogP contribution in [-0.4, -0.2) is 72.1 Å². The second-order valence-corrected chi connectivity index (χ2v) is 8.35. The Morgan fingerprint density at radius 3 is 2.26 bits per heavy atom. The molecule has 1 saturated heterocycles. The molecule has 2 amide bonds. The molecule has 0 radical (unpaired) electrons. The Labute approximate surface area is 162 Å². The number of aliphatic imine (C=N–C) groups is 1. The zero-order valence-corrected chi connectivity index (χ0v) is 17.0. The maximum absolute atomic E-state index is 12.1. The highest BCUT2D eigenvalue weighted by Gasteiger charge is 2.26. The van der Waals surface area contributed by atoms with E-state index in [1.54, 1.807) is 4.90 Å². The molecule has 1 aliphatic carbocycles. The molecule has 8 heteroatoms. The molecule has 0 atom stereocenters. The minimum absolute atomic E-state index is 0.0493. The summed E-state index contributed by atoms with van der Waals surface area (Å²) >= 11 is 0. The molecule has 0 aromatic carbocycles. The summed E-state index contributed by atoms with van der Waals surface area (Å²) in [7, 11) is 0. The van der Waals surface area contributed by atoms with Gasteiger partial charge in [0.05, 0.1) is 6.54 Å². The van der Waals surface area contributed by atoms with E-state index < -0.39 is 5.60 Å². The summed E-state index contributed by atoms with van der Waals surface area (Å²) in [6.45, 7) is 8.28. The van der Waals surface area contributed by atoms with E-state index in [9.17, 15) is 9.59 Å². The first-order chi connectivity index (χ1) is 12.7. The fourth-order valence-corrected chi connectivity index (χ4v) is 3.36. The number of guanidine groups is 1. The van der Waals surface area contributed by atoms with E-state index in [1.165, 1.54) is 19.3 Å². The van der Waals surface area contributed by atoms with Crippen LogP contribution in [0.1, 0.15) is 59.3 Å². The largest absolute Gasteiger partial charge is 0.444 e. The monoisotopic (exact) mass is 381 g/mol. The van der Waals surface area contributed by atoms with Gasteiger partial charge >= 0.3 is 6.09 Å². The number of carbonyl (C=O) groups is 2. The molecule has 0 aromatic heterocycles. The van der Waals surface area contributed by atoms with Crippen molar-refractivity contribution in [2.24, 2.45) is 10.7 Å². The normalized spacial score (nSPS) is 19.7. The van der Waals surface area contributed by atoms with Gasteiger partial charge in [-0.3, -0.25) is 9.79 Å². The van der Waals surface area contributed by atoms with Gasteiger partial charge < -0.3 is 25.6 Å². The summed E-state index contributed by atoms with van der Waals surface area (Å²) < 4.78 is 5.39. The van der Waals surface area contributed by atoms with Crippen LogP contribution in [0.4, 0.5) is 4.79 Å². The molecule has 0 aromatic rings. The number of hydrogen-bond acceptors (Lipinski definition) is 4. The predicted octanol–water partition coefficient (Wildman–Crippen LogP) is 1.69. The number of carbonyl (C=O) groups excluding carboxylic acids is 2. The lowest BCUT2D eigenvalue weighted by atomic mass is 9.95. The Kier molecular flexibility index (Phi) is 7.74. The number of amides is 2. The van der Waals surface area contributed by atoms with Crippen molar-refractivity contribution in [3.05, 3.63) is 0 Å². The van der Waals surface area contributed by atoms with Gasteiger partial charge in [0.2, 0.25) is 5.91 Å². The van der Waals surface area contributed by atoms with E-state index in [-0.39, 0.29) is 12.0 Å². The van der Waals surface area contributed by atoms with Gasteiger partial charge in [0.15, 0.2) is 5.96 Å². The van der Waals surface area contributed by atoms with E-state index in [4.69, 9.17) is 10.5 Å². The third-order valence-electron chi connectivity index (χ3n) is 4.84. The lowest BCUT2D eigenvalue weighted by Gasteiger charge is -2.36. The minimum atomic E-state index is -0.493. The number of rotatable bonds is 4. The van der Waals surface area contributed by atoms with Crippen molar-refractivity contribution >= 4 is 18.0 Å². The summed E-state index contributed by atoms with van der Waals surface area (Å²) in [4.78, 5) is 32.1. The topological polar surface area (TPSA) is 100 Å². The number of piperazine rings is 1. The van der Waals surface area contributed by atoms with Crippen molar-refractivity contribution in [1.29, 1.82) is 0 Å². The fourth-order valence-electron chi connectivity index (χ4n) is 3.36. The maximum Gasteiger partial charge on any atom is 0.410 e. The van der Waals surface area contributed by atoms with Crippen LogP contribution in [-0.2, 0) is 9.53 Å². The lowest BCUT2D eigenvalue weighted by molar-refractivity contribution is -0.121. The summed E-state index contributed by atoms with van der Waals surface area (Å²) in [5.74, 6) is 0.484. The van der Waals surface area contributed by atoms with Crippen LogP contribution in [0, 0.1) is 0 Å². The van der Waals surface area contributed by atoms with Gasteiger partial charge in [0.25, 0.3) is 0 Å². The quantitative estimate of drug-likeness (QED) is 0.570. The summed E-state index contributed by atoms with van der Waals surface area (Å²) in [6.07, 6.45) is 5.90.